The van der Waals surface area contributed by atoms with E-state index >= 15 is 0 Å². The molecule has 1 amide bonds. The highest BCUT2D eigenvalue weighted by atomic mass is 35.5. The zero-order chi connectivity index (χ0) is 26.2. The number of amides is 1. The number of hydrogen-bond donors (Lipinski definition) is 0. The Labute approximate surface area is 232 Å². The van der Waals surface area contributed by atoms with E-state index in [2.05, 4.69) is 4.90 Å². The number of ether oxygens (including phenoxy) is 5. The number of hydrogen-bond acceptors (Lipinski definition) is 7. The molecule has 1 unspecified atom stereocenters. The van der Waals surface area contributed by atoms with Crippen LogP contribution in [0.15, 0.2) is 30.3 Å². The van der Waals surface area contributed by atoms with Gasteiger partial charge in [0, 0.05) is 49.4 Å². The Balaban J connectivity index is 0.00000400. The Morgan fingerprint density at radius 1 is 0.816 bits per heavy atom. The third kappa shape index (κ3) is 7.17. The first-order chi connectivity index (χ1) is 18.1. The van der Waals surface area contributed by atoms with Crippen molar-refractivity contribution in [1.29, 1.82) is 0 Å². The van der Waals surface area contributed by atoms with E-state index in [1.807, 2.05) is 35.2 Å². The highest BCUT2D eigenvalue weighted by molar-refractivity contribution is 5.97. The maximum absolute atomic E-state index is 13.3. The summed E-state index contributed by atoms with van der Waals surface area (Å²) >= 11 is 0. The van der Waals surface area contributed by atoms with E-state index < -0.39 is 0 Å². The Morgan fingerprint density at radius 2 is 1.50 bits per heavy atom. The minimum Gasteiger partial charge on any atom is -0.496 e. The topological polar surface area (TPSA) is 69.7 Å². The molecule has 1 atom stereocenters. The quantitative estimate of drug-likeness (QED) is 0.351. The fourth-order valence-corrected chi connectivity index (χ4v) is 5.38. The molecule has 0 N–H and O–H groups in total. The number of benzene rings is 2. The van der Waals surface area contributed by atoms with Crippen LogP contribution in [0.4, 0.5) is 0 Å². The van der Waals surface area contributed by atoms with E-state index in [9.17, 15) is 4.79 Å². The van der Waals surface area contributed by atoms with Crippen LogP contribution >= 0.6 is 12.4 Å². The lowest BCUT2D eigenvalue weighted by Crippen LogP contribution is -2.44. The summed E-state index contributed by atoms with van der Waals surface area (Å²) in [5, 5.41) is 0. The van der Waals surface area contributed by atoms with Crippen molar-refractivity contribution in [1.82, 2.24) is 9.80 Å². The highest BCUT2D eigenvalue weighted by Crippen LogP contribution is 2.33. The first kappa shape index (κ1) is 29.7. The van der Waals surface area contributed by atoms with E-state index in [-0.39, 0.29) is 18.3 Å². The Hall–Kier alpha value is -2.84. The predicted octanol–water partition coefficient (Wildman–Crippen LogP) is 4.85. The molecule has 1 saturated heterocycles. The van der Waals surface area contributed by atoms with Crippen molar-refractivity contribution in [2.24, 2.45) is 0 Å². The number of carbonyl (C=O) groups is 1. The molecule has 1 fully saturated rings. The number of carbonyl (C=O) groups excluding carboxylic acids is 1. The van der Waals surface area contributed by atoms with Gasteiger partial charge in [-0.1, -0.05) is 6.42 Å². The number of rotatable bonds is 12. The smallest absolute Gasteiger partial charge is 0.254 e. The third-order valence-corrected chi connectivity index (χ3v) is 7.44. The third-order valence-electron chi connectivity index (χ3n) is 7.44. The fraction of sp³-hybridized carbons (Fsp3) is 0.552. The van der Waals surface area contributed by atoms with Crippen LogP contribution in [0.3, 0.4) is 0 Å². The highest BCUT2D eigenvalue weighted by Gasteiger charge is 2.28. The van der Waals surface area contributed by atoms with E-state index in [0.717, 1.165) is 73.8 Å². The normalized spacial score (nSPS) is 17.3. The van der Waals surface area contributed by atoms with Crippen molar-refractivity contribution >= 4 is 18.3 Å². The second-order valence-corrected chi connectivity index (χ2v) is 9.63. The lowest BCUT2D eigenvalue weighted by molar-refractivity contribution is 0.0693. The number of methoxy groups -OCH3 is 4. The molecular weight excluding hydrogens is 508 g/mol. The van der Waals surface area contributed by atoms with Crippen LogP contribution in [0.25, 0.3) is 0 Å². The predicted molar refractivity (Wildman–Crippen MR) is 150 cm³/mol. The number of piperidine rings is 1. The Morgan fingerprint density at radius 3 is 2.18 bits per heavy atom. The molecule has 2 aromatic carbocycles. The summed E-state index contributed by atoms with van der Waals surface area (Å²) in [5.74, 6) is 3.56. The molecule has 2 heterocycles. The van der Waals surface area contributed by atoms with Gasteiger partial charge in [-0.3, -0.25) is 4.79 Å². The minimum atomic E-state index is 0. The van der Waals surface area contributed by atoms with Crippen LogP contribution < -0.4 is 23.7 Å². The molecule has 0 spiro atoms. The summed E-state index contributed by atoms with van der Waals surface area (Å²) in [5.41, 5.74) is 1.77. The first-order valence-corrected chi connectivity index (χ1v) is 13.2. The lowest BCUT2D eigenvalue weighted by Gasteiger charge is -2.37. The summed E-state index contributed by atoms with van der Waals surface area (Å²) in [7, 11) is 6.50. The SMILES string of the molecule is COc1cc(OC)cc(OCCCN2CCCCC2CCN2CCc3cc(OC)c(OC)cc3C2=O)c1.Cl. The van der Waals surface area contributed by atoms with Crippen LogP contribution in [0, 0.1) is 0 Å². The van der Waals surface area contributed by atoms with Gasteiger partial charge in [-0.15, -0.1) is 12.4 Å². The second-order valence-electron chi connectivity index (χ2n) is 9.63. The summed E-state index contributed by atoms with van der Waals surface area (Å²) in [6.45, 7) is 4.23. The van der Waals surface area contributed by atoms with Crippen molar-refractivity contribution < 1.29 is 28.5 Å². The molecular formula is C29H41ClN2O6. The molecule has 210 valence electrons. The molecule has 8 nitrogen and oxygen atoms in total. The van der Waals surface area contributed by atoms with Gasteiger partial charge in [-0.2, -0.15) is 0 Å². The monoisotopic (exact) mass is 548 g/mol. The van der Waals surface area contributed by atoms with Crippen LogP contribution in [0.5, 0.6) is 28.7 Å². The van der Waals surface area contributed by atoms with Gasteiger partial charge in [0.2, 0.25) is 0 Å². The van der Waals surface area contributed by atoms with Gasteiger partial charge in [0.1, 0.15) is 17.2 Å². The minimum absolute atomic E-state index is 0. The van der Waals surface area contributed by atoms with Gasteiger partial charge in [0.15, 0.2) is 11.5 Å². The molecule has 38 heavy (non-hydrogen) atoms. The van der Waals surface area contributed by atoms with Crippen molar-refractivity contribution in [3.05, 3.63) is 41.5 Å². The van der Waals surface area contributed by atoms with Crippen molar-refractivity contribution in [2.75, 3.05) is 61.2 Å². The average molecular weight is 549 g/mol. The Bertz CT molecular complexity index is 1040. The molecule has 0 aliphatic carbocycles. The van der Waals surface area contributed by atoms with E-state index in [0.29, 0.717) is 24.1 Å². The molecule has 2 aliphatic heterocycles. The van der Waals surface area contributed by atoms with Gasteiger partial charge in [-0.25, -0.2) is 0 Å². The average Bonchev–Trinajstić information content (AvgIpc) is 2.94. The Kier molecular flexibility index (Phi) is 11.2. The maximum Gasteiger partial charge on any atom is 0.254 e. The summed E-state index contributed by atoms with van der Waals surface area (Å²) in [6.07, 6.45) is 6.41. The van der Waals surface area contributed by atoms with Crippen LogP contribution in [-0.4, -0.2) is 83.0 Å². The van der Waals surface area contributed by atoms with Gasteiger partial charge < -0.3 is 33.5 Å². The summed E-state index contributed by atoms with van der Waals surface area (Å²) in [4.78, 5) is 17.8. The maximum atomic E-state index is 13.3. The molecule has 0 aromatic heterocycles. The largest absolute Gasteiger partial charge is 0.496 e. The van der Waals surface area contributed by atoms with Gasteiger partial charge in [-0.05, 0) is 56.3 Å². The van der Waals surface area contributed by atoms with Crippen LogP contribution in [0.1, 0.15) is 48.0 Å². The molecule has 9 heteroatoms. The fourth-order valence-electron chi connectivity index (χ4n) is 5.38. The van der Waals surface area contributed by atoms with E-state index in [1.165, 1.54) is 19.3 Å². The molecule has 0 radical (unpaired) electrons. The summed E-state index contributed by atoms with van der Waals surface area (Å²) < 4.78 is 27.5. The molecule has 4 rings (SSSR count). The molecule has 2 aliphatic rings. The lowest BCUT2D eigenvalue weighted by atomic mass is 9.96. The first-order valence-electron chi connectivity index (χ1n) is 13.2. The zero-order valence-corrected chi connectivity index (χ0v) is 23.8. The number of nitrogens with zero attached hydrogens (tertiary/aromatic N) is 2. The van der Waals surface area contributed by atoms with Crippen LogP contribution in [-0.2, 0) is 6.42 Å². The molecule has 0 saturated carbocycles. The van der Waals surface area contributed by atoms with Gasteiger partial charge in [0.25, 0.3) is 5.91 Å². The van der Waals surface area contributed by atoms with Gasteiger partial charge >= 0.3 is 0 Å². The van der Waals surface area contributed by atoms with E-state index in [4.69, 9.17) is 23.7 Å². The van der Waals surface area contributed by atoms with Crippen molar-refractivity contribution in [3.63, 3.8) is 0 Å². The van der Waals surface area contributed by atoms with E-state index in [1.54, 1.807) is 28.4 Å². The zero-order valence-electron chi connectivity index (χ0n) is 23.0. The van der Waals surface area contributed by atoms with Gasteiger partial charge in [0.05, 0.1) is 35.0 Å². The number of likely N-dealkylation sites (tertiary alicyclic amines) is 1. The van der Waals surface area contributed by atoms with Crippen LogP contribution in [0.2, 0.25) is 0 Å². The number of halogens is 1. The van der Waals surface area contributed by atoms with Crippen molar-refractivity contribution in [2.45, 2.75) is 44.6 Å². The standard InChI is InChI=1S/C29H40N2O6.ClH/c1-33-23-17-24(34-2)19-25(18-23)37-15-7-12-30-11-6-5-8-22(30)10-14-31-13-9-21-16-27(35-3)28(36-4)20-26(21)29(31)32;/h16-20,22H,5-15H2,1-4H3;1H. The summed E-state index contributed by atoms with van der Waals surface area (Å²) in [6, 6.07) is 9.86. The van der Waals surface area contributed by atoms with Crippen molar-refractivity contribution in [3.8, 4) is 28.7 Å². The molecule has 2 aromatic rings. The number of fused-ring (bicyclic) bond motifs is 1. The second kappa shape index (κ2) is 14.4. The molecule has 0 bridgehead atoms.